The highest BCUT2D eigenvalue weighted by molar-refractivity contribution is 5.89. The van der Waals surface area contributed by atoms with Crippen LogP contribution in [-0.2, 0) is 16.0 Å². The third kappa shape index (κ3) is 6.26. The Bertz CT molecular complexity index is 1210. The number of aromatic nitrogens is 1. The number of carbonyl (C=O) groups is 2. The van der Waals surface area contributed by atoms with Crippen LogP contribution < -0.4 is 20.2 Å². The van der Waals surface area contributed by atoms with Gasteiger partial charge in [-0.05, 0) is 42.3 Å². The predicted octanol–water partition coefficient (Wildman–Crippen LogP) is 2.89. The highest BCUT2D eigenvalue weighted by Crippen LogP contribution is 2.27. The summed E-state index contributed by atoms with van der Waals surface area (Å²) in [6.07, 6.45) is 2.79. The lowest BCUT2D eigenvalue weighted by Crippen LogP contribution is -2.47. The summed E-state index contributed by atoms with van der Waals surface area (Å²) in [5, 5.41) is 16.2. The molecule has 0 saturated carbocycles. The average Bonchev–Trinajstić information content (AvgIpc) is 3.25. The average molecular weight is 463 g/mol. The fraction of sp³-hybridized carbons (Fsp3) is 0.250. The second-order valence-electron chi connectivity index (χ2n) is 7.07. The predicted molar refractivity (Wildman–Crippen MR) is 126 cm³/mol. The van der Waals surface area contributed by atoms with Crippen LogP contribution in [0.25, 0.3) is 10.9 Å². The van der Waals surface area contributed by atoms with Gasteiger partial charge in [-0.3, -0.25) is 4.79 Å². The monoisotopic (exact) mass is 463 g/mol. The van der Waals surface area contributed by atoms with Crippen LogP contribution in [0.2, 0.25) is 0 Å². The van der Waals surface area contributed by atoms with E-state index in [4.69, 9.17) is 19.5 Å². The van der Waals surface area contributed by atoms with Crippen molar-refractivity contribution < 1.29 is 23.8 Å². The van der Waals surface area contributed by atoms with Crippen molar-refractivity contribution in [3.05, 3.63) is 59.8 Å². The molecule has 0 aliphatic heterocycles. The molecule has 10 heteroatoms. The molecule has 0 aliphatic rings. The van der Waals surface area contributed by atoms with Gasteiger partial charge in [0, 0.05) is 23.5 Å². The zero-order chi connectivity index (χ0) is 24.3. The van der Waals surface area contributed by atoms with E-state index in [0.717, 1.165) is 16.5 Å². The smallest absolute Gasteiger partial charge is 0.407 e. The number of methoxy groups -OCH3 is 1. The quantitative estimate of drug-likeness (QED) is 0.312. The van der Waals surface area contributed by atoms with E-state index in [9.17, 15) is 9.59 Å². The number of nitrogens with one attached hydrogen (secondary N) is 3. The molecule has 0 aliphatic carbocycles. The van der Waals surface area contributed by atoms with Crippen LogP contribution in [0.5, 0.6) is 11.5 Å². The third-order valence-corrected chi connectivity index (χ3v) is 4.85. The highest BCUT2D eigenvalue weighted by atomic mass is 16.5. The standard InChI is InChI=1S/C24H25N5O5/c1-3-33-24(31)28-20(13-17-15-26-19-7-5-4-6-18(17)19)23(30)29-27-14-16-8-9-21(34-11-10-25)22(12-16)32-2/h4-9,12,14-15,20,26H,3,11,13H2,1-2H3,(H,28,31)(H,29,30)/b27-14-/t20-/m1/s1. The van der Waals surface area contributed by atoms with E-state index in [1.807, 2.05) is 36.5 Å². The van der Waals surface area contributed by atoms with Crippen LogP contribution in [0.4, 0.5) is 4.79 Å². The second kappa shape index (κ2) is 11.9. The first kappa shape index (κ1) is 24.1. The Labute approximate surface area is 196 Å². The fourth-order valence-corrected chi connectivity index (χ4v) is 3.29. The largest absolute Gasteiger partial charge is 0.493 e. The van der Waals surface area contributed by atoms with Gasteiger partial charge in [0.25, 0.3) is 5.91 Å². The van der Waals surface area contributed by atoms with Crippen molar-refractivity contribution in [3.8, 4) is 17.6 Å². The van der Waals surface area contributed by atoms with E-state index in [2.05, 4.69) is 20.8 Å². The molecule has 1 atom stereocenters. The number of nitriles is 1. The molecule has 3 aromatic rings. The topological polar surface area (TPSA) is 138 Å². The molecule has 1 heterocycles. The molecule has 0 bridgehead atoms. The van der Waals surface area contributed by atoms with Crippen LogP contribution in [0, 0.1) is 11.3 Å². The van der Waals surface area contributed by atoms with Gasteiger partial charge in [0.1, 0.15) is 12.1 Å². The van der Waals surface area contributed by atoms with Gasteiger partial charge in [0.15, 0.2) is 18.1 Å². The number of carbonyl (C=O) groups excluding carboxylic acids is 2. The van der Waals surface area contributed by atoms with Crippen LogP contribution in [0.15, 0.2) is 53.8 Å². The molecule has 2 amide bonds. The first-order valence-electron chi connectivity index (χ1n) is 10.5. The Morgan fingerprint density at radius 3 is 2.82 bits per heavy atom. The fourth-order valence-electron chi connectivity index (χ4n) is 3.29. The zero-order valence-electron chi connectivity index (χ0n) is 18.8. The van der Waals surface area contributed by atoms with Gasteiger partial charge >= 0.3 is 6.09 Å². The minimum atomic E-state index is -0.910. The van der Waals surface area contributed by atoms with Crippen LogP contribution in [0.1, 0.15) is 18.1 Å². The number of rotatable bonds is 10. The first-order valence-corrected chi connectivity index (χ1v) is 10.5. The number of alkyl carbamates (subject to hydrolysis) is 1. The van der Waals surface area contributed by atoms with Gasteiger partial charge in [-0.2, -0.15) is 10.4 Å². The summed E-state index contributed by atoms with van der Waals surface area (Å²) in [6.45, 7) is 1.76. The molecular formula is C24H25N5O5. The lowest BCUT2D eigenvalue weighted by Gasteiger charge is -2.16. The number of aromatic amines is 1. The molecule has 0 radical (unpaired) electrons. The van der Waals surface area contributed by atoms with Gasteiger partial charge < -0.3 is 24.5 Å². The van der Waals surface area contributed by atoms with E-state index in [1.54, 1.807) is 25.1 Å². The third-order valence-electron chi connectivity index (χ3n) is 4.85. The minimum Gasteiger partial charge on any atom is -0.493 e. The number of amides is 2. The van der Waals surface area contributed by atoms with E-state index < -0.39 is 18.0 Å². The molecule has 10 nitrogen and oxygen atoms in total. The van der Waals surface area contributed by atoms with Crippen molar-refractivity contribution in [1.82, 2.24) is 15.7 Å². The molecule has 3 rings (SSSR count). The summed E-state index contributed by atoms with van der Waals surface area (Å²) in [6, 6.07) is 13.7. The van der Waals surface area contributed by atoms with E-state index >= 15 is 0 Å². The van der Waals surface area contributed by atoms with Crippen molar-refractivity contribution in [2.24, 2.45) is 5.10 Å². The van der Waals surface area contributed by atoms with Crippen LogP contribution in [-0.4, -0.2) is 49.6 Å². The maximum absolute atomic E-state index is 12.9. The number of para-hydroxylation sites is 1. The lowest BCUT2D eigenvalue weighted by atomic mass is 10.0. The molecule has 0 unspecified atom stereocenters. The van der Waals surface area contributed by atoms with Crippen molar-refractivity contribution in [3.63, 3.8) is 0 Å². The molecule has 0 fully saturated rings. The van der Waals surface area contributed by atoms with E-state index in [-0.39, 0.29) is 19.6 Å². The van der Waals surface area contributed by atoms with Crippen molar-refractivity contribution in [1.29, 1.82) is 5.26 Å². The van der Waals surface area contributed by atoms with Gasteiger partial charge in [-0.25, -0.2) is 10.2 Å². The molecule has 176 valence electrons. The first-order chi connectivity index (χ1) is 16.5. The number of hydrogen-bond acceptors (Lipinski definition) is 7. The Morgan fingerprint density at radius 2 is 2.06 bits per heavy atom. The van der Waals surface area contributed by atoms with Crippen molar-refractivity contribution >= 4 is 29.1 Å². The van der Waals surface area contributed by atoms with Gasteiger partial charge in [-0.15, -0.1) is 0 Å². The summed E-state index contributed by atoms with van der Waals surface area (Å²) >= 11 is 0. The van der Waals surface area contributed by atoms with Crippen molar-refractivity contribution in [2.75, 3.05) is 20.3 Å². The summed E-state index contributed by atoms with van der Waals surface area (Å²) < 4.78 is 15.5. The molecule has 0 spiro atoms. The van der Waals surface area contributed by atoms with Gasteiger partial charge in [0.2, 0.25) is 0 Å². The van der Waals surface area contributed by atoms with Crippen LogP contribution >= 0.6 is 0 Å². The number of nitrogens with zero attached hydrogens (tertiary/aromatic N) is 2. The second-order valence-corrected chi connectivity index (χ2v) is 7.07. The van der Waals surface area contributed by atoms with E-state index in [0.29, 0.717) is 17.1 Å². The lowest BCUT2D eigenvalue weighted by molar-refractivity contribution is -0.123. The summed E-state index contributed by atoms with van der Waals surface area (Å²) in [5.74, 6) is 0.338. The van der Waals surface area contributed by atoms with E-state index in [1.165, 1.54) is 13.3 Å². The van der Waals surface area contributed by atoms with Crippen molar-refractivity contribution in [2.45, 2.75) is 19.4 Å². The number of benzene rings is 2. The molecule has 3 N–H and O–H groups in total. The molecule has 2 aromatic carbocycles. The maximum atomic E-state index is 12.9. The maximum Gasteiger partial charge on any atom is 0.407 e. The normalized spacial score (nSPS) is 11.6. The molecule has 1 aromatic heterocycles. The highest BCUT2D eigenvalue weighted by Gasteiger charge is 2.23. The Hall–Kier alpha value is -4.52. The number of hydrazone groups is 1. The molecule has 0 saturated heterocycles. The molecular weight excluding hydrogens is 438 g/mol. The zero-order valence-corrected chi connectivity index (χ0v) is 18.8. The summed E-state index contributed by atoms with van der Waals surface area (Å²) in [5.41, 5.74) is 4.89. The number of ether oxygens (including phenoxy) is 3. The Kier molecular flexibility index (Phi) is 8.46. The Morgan fingerprint density at radius 1 is 1.24 bits per heavy atom. The Balaban J connectivity index is 1.71. The SMILES string of the molecule is CCOC(=O)N[C@H](Cc1c[nH]c2ccccc12)C(=O)N/N=C\c1ccc(OCC#N)c(OC)c1. The number of hydrogen-bond donors (Lipinski definition) is 3. The van der Waals surface area contributed by atoms with Crippen LogP contribution in [0.3, 0.4) is 0 Å². The minimum absolute atomic E-state index is 0.106. The number of fused-ring (bicyclic) bond motifs is 1. The van der Waals surface area contributed by atoms with Gasteiger partial charge in [0.05, 0.1) is 19.9 Å². The number of H-pyrrole nitrogens is 1. The van der Waals surface area contributed by atoms with Gasteiger partial charge in [-0.1, -0.05) is 18.2 Å². The molecule has 34 heavy (non-hydrogen) atoms. The summed E-state index contributed by atoms with van der Waals surface area (Å²) in [7, 11) is 1.48. The summed E-state index contributed by atoms with van der Waals surface area (Å²) in [4.78, 5) is 28.0.